The van der Waals surface area contributed by atoms with Crippen molar-refractivity contribution in [2.45, 2.75) is 50.7 Å². The summed E-state index contributed by atoms with van der Waals surface area (Å²) >= 11 is 0. The molecule has 0 spiro atoms. The van der Waals surface area contributed by atoms with E-state index in [2.05, 4.69) is 20.6 Å². The Hall–Kier alpha value is -4.79. The van der Waals surface area contributed by atoms with Crippen LogP contribution >= 0.6 is 0 Å². The number of hydrogen-bond acceptors (Lipinski definition) is 6. The number of benzene rings is 3. The van der Waals surface area contributed by atoms with E-state index in [1.807, 2.05) is 54.6 Å². The lowest BCUT2D eigenvalue weighted by atomic mass is 9.94. The fourth-order valence-corrected chi connectivity index (χ4v) is 5.47. The van der Waals surface area contributed by atoms with E-state index in [1.54, 1.807) is 23.0 Å². The molecule has 0 aliphatic heterocycles. The number of carbonyl (C=O) groups excluding carboxylic acids is 2. The van der Waals surface area contributed by atoms with Crippen LogP contribution in [0.25, 0.3) is 21.9 Å². The summed E-state index contributed by atoms with van der Waals surface area (Å²) in [5.74, 6) is -0.540. The average Bonchev–Trinajstić information content (AvgIpc) is 3.39. The SMILES string of the molecule is O=C(NC1CCCCC1)C(c1ccc(O)cc1)N(C(=O)Cn1nnc2ccccc21)c1cnc2ccccc2c1. The number of anilines is 1. The fourth-order valence-electron chi connectivity index (χ4n) is 5.47. The molecule has 202 valence electrons. The van der Waals surface area contributed by atoms with Gasteiger partial charge in [-0.25, -0.2) is 4.68 Å². The normalized spacial score (nSPS) is 14.7. The quantitative estimate of drug-likeness (QED) is 0.307. The number of para-hydroxylation sites is 2. The number of fused-ring (bicyclic) bond motifs is 2. The van der Waals surface area contributed by atoms with Crippen molar-refractivity contribution in [1.29, 1.82) is 0 Å². The zero-order chi connectivity index (χ0) is 27.5. The second kappa shape index (κ2) is 11.1. The van der Waals surface area contributed by atoms with Crippen molar-refractivity contribution in [2.24, 2.45) is 0 Å². The lowest BCUT2D eigenvalue weighted by Gasteiger charge is -2.33. The van der Waals surface area contributed by atoms with Crippen LogP contribution in [-0.4, -0.2) is 42.9 Å². The van der Waals surface area contributed by atoms with Gasteiger partial charge in [-0.05, 0) is 54.8 Å². The number of rotatable bonds is 7. The zero-order valence-electron chi connectivity index (χ0n) is 22.0. The van der Waals surface area contributed by atoms with Crippen LogP contribution in [0.5, 0.6) is 5.75 Å². The molecular formula is C31H30N6O3. The number of hydrogen-bond donors (Lipinski definition) is 2. The van der Waals surface area contributed by atoms with Crippen LogP contribution in [0.15, 0.2) is 85.1 Å². The number of aromatic nitrogens is 4. The van der Waals surface area contributed by atoms with Crippen molar-refractivity contribution >= 4 is 39.4 Å². The van der Waals surface area contributed by atoms with Gasteiger partial charge in [0.15, 0.2) is 0 Å². The first-order valence-corrected chi connectivity index (χ1v) is 13.6. The molecule has 3 aromatic carbocycles. The van der Waals surface area contributed by atoms with Gasteiger partial charge in [-0.15, -0.1) is 5.10 Å². The molecule has 1 atom stereocenters. The highest BCUT2D eigenvalue weighted by Crippen LogP contribution is 2.32. The van der Waals surface area contributed by atoms with Gasteiger partial charge in [-0.3, -0.25) is 19.5 Å². The van der Waals surface area contributed by atoms with Crippen LogP contribution in [0.4, 0.5) is 5.69 Å². The van der Waals surface area contributed by atoms with Crippen LogP contribution < -0.4 is 10.2 Å². The second-order valence-corrected chi connectivity index (χ2v) is 10.2. The van der Waals surface area contributed by atoms with E-state index in [0.29, 0.717) is 16.8 Å². The van der Waals surface area contributed by atoms with Gasteiger partial charge in [0.1, 0.15) is 23.9 Å². The number of nitrogens with one attached hydrogen (secondary N) is 1. The topological polar surface area (TPSA) is 113 Å². The fraction of sp³-hybridized carbons (Fsp3) is 0.258. The minimum absolute atomic E-state index is 0.0480. The molecule has 40 heavy (non-hydrogen) atoms. The molecule has 1 saturated carbocycles. The maximum atomic E-state index is 14.2. The average molecular weight is 535 g/mol. The van der Waals surface area contributed by atoms with Crippen LogP contribution in [0.2, 0.25) is 0 Å². The summed E-state index contributed by atoms with van der Waals surface area (Å²) in [5.41, 5.74) is 3.26. The van der Waals surface area contributed by atoms with Crippen LogP contribution in [-0.2, 0) is 16.1 Å². The molecule has 6 rings (SSSR count). The first kappa shape index (κ1) is 25.5. The monoisotopic (exact) mass is 534 g/mol. The van der Waals surface area contributed by atoms with Crippen LogP contribution in [0.1, 0.15) is 43.7 Å². The largest absolute Gasteiger partial charge is 0.508 e. The molecule has 0 radical (unpaired) electrons. The number of aromatic hydroxyl groups is 1. The lowest BCUT2D eigenvalue weighted by Crippen LogP contribution is -2.48. The Morgan fingerprint density at radius 3 is 2.48 bits per heavy atom. The highest BCUT2D eigenvalue weighted by Gasteiger charge is 2.35. The van der Waals surface area contributed by atoms with Gasteiger partial charge in [-0.2, -0.15) is 0 Å². The van der Waals surface area contributed by atoms with E-state index < -0.39 is 6.04 Å². The molecule has 2 aromatic heterocycles. The minimum Gasteiger partial charge on any atom is -0.508 e. The maximum Gasteiger partial charge on any atom is 0.249 e. The van der Waals surface area contributed by atoms with Gasteiger partial charge in [0, 0.05) is 11.4 Å². The Morgan fingerprint density at radius 1 is 0.950 bits per heavy atom. The van der Waals surface area contributed by atoms with E-state index in [1.165, 1.54) is 17.0 Å². The Morgan fingerprint density at radius 2 is 1.68 bits per heavy atom. The molecule has 1 aliphatic rings. The summed E-state index contributed by atoms with van der Waals surface area (Å²) in [6, 6.07) is 22.4. The summed E-state index contributed by atoms with van der Waals surface area (Å²) in [6.45, 7) is -0.126. The van der Waals surface area contributed by atoms with Gasteiger partial charge < -0.3 is 10.4 Å². The first-order valence-electron chi connectivity index (χ1n) is 13.6. The Bertz CT molecular complexity index is 1660. The zero-order valence-corrected chi connectivity index (χ0v) is 22.0. The second-order valence-electron chi connectivity index (χ2n) is 10.2. The van der Waals surface area contributed by atoms with E-state index in [0.717, 1.165) is 48.5 Å². The maximum absolute atomic E-state index is 14.2. The molecule has 0 bridgehead atoms. The van der Waals surface area contributed by atoms with Crippen molar-refractivity contribution in [2.75, 3.05) is 4.90 Å². The number of phenolic OH excluding ortho intramolecular Hbond substituents is 1. The predicted molar refractivity (Wildman–Crippen MR) is 153 cm³/mol. The molecular weight excluding hydrogens is 504 g/mol. The Labute approximate surface area is 231 Å². The summed E-state index contributed by atoms with van der Waals surface area (Å²) in [6.07, 6.45) is 6.72. The molecule has 5 aromatic rings. The van der Waals surface area contributed by atoms with E-state index in [4.69, 9.17) is 0 Å². The van der Waals surface area contributed by atoms with Crippen molar-refractivity contribution in [3.05, 3.63) is 90.6 Å². The van der Waals surface area contributed by atoms with Gasteiger partial charge in [0.05, 0.1) is 22.9 Å². The van der Waals surface area contributed by atoms with Gasteiger partial charge in [0.2, 0.25) is 11.8 Å². The minimum atomic E-state index is -0.993. The standard InChI is InChI=1S/C31H30N6O3/c38-25-16-14-21(15-17-25)30(31(40)33-23-9-2-1-3-10-23)37(24-18-22-8-4-5-11-26(22)32-19-24)29(39)20-36-28-13-7-6-12-27(28)34-35-36/h4-8,11-19,23,30,38H,1-3,9-10,20H2,(H,33,40). The van der Waals surface area contributed by atoms with Crippen molar-refractivity contribution in [3.63, 3.8) is 0 Å². The van der Waals surface area contributed by atoms with Gasteiger partial charge >= 0.3 is 0 Å². The van der Waals surface area contributed by atoms with Crippen LogP contribution in [0, 0.1) is 0 Å². The molecule has 1 aliphatic carbocycles. The number of pyridine rings is 1. The summed E-state index contributed by atoms with van der Waals surface area (Å²) < 4.78 is 1.55. The smallest absolute Gasteiger partial charge is 0.249 e. The summed E-state index contributed by atoms with van der Waals surface area (Å²) in [7, 11) is 0. The molecule has 9 nitrogen and oxygen atoms in total. The predicted octanol–water partition coefficient (Wildman–Crippen LogP) is 4.91. The summed E-state index contributed by atoms with van der Waals surface area (Å²) in [4.78, 5) is 34.4. The highest BCUT2D eigenvalue weighted by molar-refractivity contribution is 6.02. The van der Waals surface area contributed by atoms with Crippen molar-refractivity contribution in [1.82, 2.24) is 25.3 Å². The molecule has 2 heterocycles. The number of amides is 2. The highest BCUT2D eigenvalue weighted by atomic mass is 16.3. The third-order valence-corrected chi connectivity index (χ3v) is 7.50. The van der Waals surface area contributed by atoms with Crippen molar-refractivity contribution in [3.8, 4) is 5.75 Å². The van der Waals surface area contributed by atoms with E-state index in [-0.39, 0.29) is 30.2 Å². The van der Waals surface area contributed by atoms with Gasteiger partial charge in [0.25, 0.3) is 0 Å². The molecule has 1 fully saturated rings. The molecule has 1 unspecified atom stereocenters. The third kappa shape index (κ3) is 5.22. The lowest BCUT2D eigenvalue weighted by molar-refractivity contribution is -0.127. The third-order valence-electron chi connectivity index (χ3n) is 7.50. The van der Waals surface area contributed by atoms with Gasteiger partial charge in [-0.1, -0.05) is 66.9 Å². The Balaban J connectivity index is 1.45. The van der Waals surface area contributed by atoms with E-state index in [9.17, 15) is 14.7 Å². The Kier molecular flexibility index (Phi) is 7.09. The van der Waals surface area contributed by atoms with Crippen LogP contribution in [0.3, 0.4) is 0 Å². The summed E-state index contributed by atoms with van der Waals surface area (Å²) in [5, 5.41) is 22.5. The molecule has 0 saturated heterocycles. The molecule has 2 amide bonds. The first-order chi connectivity index (χ1) is 19.6. The van der Waals surface area contributed by atoms with Crippen molar-refractivity contribution < 1.29 is 14.7 Å². The molecule has 9 heteroatoms. The number of carbonyl (C=O) groups is 2. The number of phenols is 1. The van der Waals surface area contributed by atoms with E-state index >= 15 is 0 Å². The molecule has 2 N–H and O–H groups in total. The number of nitrogens with zero attached hydrogens (tertiary/aromatic N) is 5.